The van der Waals surface area contributed by atoms with Crippen molar-refractivity contribution in [3.63, 3.8) is 0 Å². The maximum absolute atomic E-state index is 6.53. The summed E-state index contributed by atoms with van der Waals surface area (Å²) in [6.07, 6.45) is 7.73. The fourth-order valence-corrected chi connectivity index (χ4v) is 8.78. The Morgan fingerprint density at radius 3 is 1.12 bits per heavy atom. The molecule has 4 heterocycles. The number of benzene rings is 2. The minimum Gasteiger partial charge on any atom is -0.490 e. The van der Waals surface area contributed by atoms with Crippen LogP contribution < -0.4 is 18.9 Å². The first-order chi connectivity index (χ1) is 20.6. The second-order valence-electron chi connectivity index (χ2n) is 13.8. The van der Waals surface area contributed by atoms with Crippen molar-refractivity contribution in [3.8, 4) is 23.0 Å². The van der Waals surface area contributed by atoms with E-state index in [-0.39, 0.29) is 35.2 Å². The Kier molecular flexibility index (Phi) is 6.18. The predicted molar refractivity (Wildman–Crippen MR) is 152 cm³/mol. The molecule has 8 nitrogen and oxygen atoms in total. The predicted octanol–water partition coefficient (Wildman–Crippen LogP) is 4.59. The highest BCUT2D eigenvalue weighted by Crippen LogP contribution is 2.69. The molecule has 0 aromatic heterocycles. The van der Waals surface area contributed by atoms with Crippen LogP contribution in [0.1, 0.15) is 49.7 Å². The smallest absolute Gasteiger partial charge is 0.126 e. The second kappa shape index (κ2) is 10.0. The second-order valence-corrected chi connectivity index (χ2v) is 13.8. The molecule has 0 amide bonds. The summed E-state index contributed by atoms with van der Waals surface area (Å²) in [6.45, 7) is 5.44. The SMILES string of the molecule is c1cc(OCC2CO2)c(C23CC4CC(C2)CC(c2c(OCC5CO5)cccc2OCC2CO2)(C4)C3)c(OCC2CO2)c1. The van der Waals surface area contributed by atoms with Crippen LogP contribution in [0.5, 0.6) is 23.0 Å². The standard InChI is InChI=1S/C34H40O8/c1-3-27(39-16-23-12-35-23)31(28(4-1)40-17-24-13-36-24)33-8-21-7-22(9-33)11-34(10-21,20-33)32-29(41-18-25-14-37-25)5-2-6-30(32)42-19-26-15-38-26/h1-6,21-26H,7-20H2. The molecule has 4 aliphatic carbocycles. The molecule has 0 radical (unpaired) electrons. The lowest BCUT2D eigenvalue weighted by Gasteiger charge is -2.63. The molecular formula is C34H40O8. The van der Waals surface area contributed by atoms with Gasteiger partial charge in [0.15, 0.2) is 0 Å². The van der Waals surface area contributed by atoms with Crippen LogP contribution in [0.3, 0.4) is 0 Å². The zero-order valence-electron chi connectivity index (χ0n) is 24.1. The highest BCUT2D eigenvalue weighted by molar-refractivity contribution is 5.56. The zero-order valence-corrected chi connectivity index (χ0v) is 24.1. The Hall–Kier alpha value is -2.52. The molecule has 2 aromatic carbocycles. The third kappa shape index (κ3) is 5.04. The summed E-state index contributed by atoms with van der Waals surface area (Å²) in [5, 5.41) is 0. The lowest BCUT2D eigenvalue weighted by Crippen LogP contribution is -2.56. The molecule has 4 saturated heterocycles. The lowest BCUT2D eigenvalue weighted by atomic mass is 9.41. The van der Waals surface area contributed by atoms with E-state index in [2.05, 4.69) is 36.4 Å². The summed E-state index contributed by atoms with van der Waals surface area (Å²) in [5.74, 6) is 5.07. The number of epoxide rings is 4. The van der Waals surface area contributed by atoms with Crippen LogP contribution in [0.4, 0.5) is 0 Å². The largest absolute Gasteiger partial charge is 0.490 e. The topological polar surface area (TPSA) is 87.0 Å². The third-order valence-corrected chi connectivity index (χ3v) is 10.4. The van der Waals surface area contributed by atoms with Gasteiger partial charge in [0.1, 0.15) is 73.8 Å². The van der Waals surface area contributed by atoms with Gasteiger partial charge in [-0.15, -0.1) is 0 Å². The van der Waals surface area contributed by atoms with Crippen LogP contribution in [-0.2, 0) is 29.8 Å². The van der Waals surface area contributed by atoms with Crippen molar-refractivity contribution in [2.24, 2.45) is 11.8 Å². The Balaban J connectivity index is 1.12. The Bertz CT molecular complexity index is 1150. The molecule has 42 heavy (non-hydrogen) atoms. The van der Waals surface area contributed by atoms with Crippen LogP contribution in [0.15, 0.2) is 36.4 Å². The van der Waals surface area contributed by atoms with E-state index < -0.39 is 0 Å². The molecule has 4 unspecified atom stereocenters. The first-order valence-electron chi connectivity index (χ1n) is 15.9. The zero-order chi connectivity index (χ0) is 27.7. The summed E-state index contributed by atoms with van der Waals surface area (Å²) in [6, 6.07) is 12.7. The van der Waals surface area contributed by atoms with Gasteiger partial charge in [-0.25, -0.2) is 0 Å². The lowest BCUT2D eigenvalue weighted by molar-refractivity contribution is -0.0322. The Morgan fingerprint density at radius 1 is 0.524 bits per heavy atom. The maximum atomic E-state index is 6.53. The van der Waals surface area contributed by atoms with E-state index in [9.17, 15) is 0 Å². The van der Waals surface area contributed by atoms with Gasteiger partial charge in [0.05, 0.1) is 26.4 Å². The molecule has 2 aromatic rings. The van der Waals surface area contributed by atoms with Crippen molar-refractivity contribution in [1.29, 1.82) is 0 Å². The number of rotatable bonds is 14. The summed E-state index contributed by atoms with van der Waals surface area (Å²) in [7, 11) is 0. The van der Waals surface area contributed by atoms with Crippen molar-refractivity contribution in [3.05, 3.63) is 47.5 Å². The van der Waals surface area contributed by atoms with Gasteiger partial charge in [0, 0.05) is 22.0 Å². The van der Waals surface area contributed by atoms with Gasteiger partial charge in [-0.3, -0.25) is 0 Å². The quantitative estimate of drug-likeness (QED) is 0.302. The number of hydrogen-bond donors (Lipinski definition) is 0. The fraction of sp³-hybridized carbons (Fsp3) is 0.647. The van der Waals surface area contributed by atoms with Gasteiger partial charge in [-0.1, -0.05) is 12.1 Å². The molecule has 0 N–H and O–H groups in total. The van der Waals surface area contributed by atoms with E-state index >= 15 is 0 Å². The van der Waals surface area contributed by atoms with Gasteiger partial charge in [0.2, 0.25) is 0 Å². The Morgan fingerprint density at radius 2 is 0.833 bits per heavy atom. The van der Waals surface area contributed by atoms with Gasteiger partial charge >= 0.3 is 0 Å². The van der Waals surface area contributed by atoms with E-state index in [1.54, 1.807) is 0 Å². The number of hydrogen-bond acceptors (Lipinski definition) is 8. The van der Waals surface area contributed by atoms with E-state index in [0.29, 0.717) is 38.3 Å². The van der Waals surface area contributed by atoms with Gasteiger partial charge in [-0.2, -0.15) is 0 Å². The first-order valence-corrected chi connectivity index (χ1v) is 15.9. The van der Waals surface area contributed by atoms with Crippen molar-refractivity contribution in [2.45, 2.75) is 73.8 Å². The van der Waals surface area contributed by atoms with Crippen molar-refractivity contribution >= 4 is 0 Å². The fourth-order valence-electron chi connectivity index (χ4n) is 8.78. The van der Waals surface area contributed by atoms with Gasteiger partial charge in [0.25, 0.3) is 0 Å². The maximum Gasteiger partial charge on any atom is 0.126 e. The molecule has 0 spiro atoms. The van der Waals surface area contributed by atoms with E-state index in [0.717, 1.165) is 81.5 Å². The normalized spacial score (nSPS) is 38.2. The first kappa shape index (κ1) is 25.9. The number of ether oxygens (including phenoxy) is 8. The summed E-state index contributed by atoms with van der Waals surface area (Å²) < 4.78 is 48.1. The van der Waals surface area contributed by atoms with E-state index in [4.69, 9.17) is 37.9 Å². The van der Waals surface area contributed by atoms with Crippen LogP contribution in [0, 0.1) is 11.8 Å². The molecule has 4 bridgehead atoms. The average molecular weight is 577 g/mol. The molecule has 8 heteroatoms. The molecule has 8 fully saturated rings. The van der Waals surface area contributed by atoms with Crippen LogP contribution >= 0.6 is 0 Å². The minimum atomic E-state index is -0.0472. The molecule has 224 valence electrons. The molecule has 10 rings (SSSR count). The molecular weight excluding hydrogens is 536 g/mol. The summed E-state index contributed by atoms with van der Waals surface area (Å²) in [5.41, 5.74) is 2.41. The minimum absolute atomic E-state index is 0.0472. The van der Waals surface area contributed by atoms with E-state index in [1.807, 2.05) is 0 Å². The molecule has 8 aliphatic rings. The van der Waals surface area contributed by atoms with E-state index in [1.165, 1.54) is 17.5 Å². The van der Waals surface area contributed by atoms with Crippen LogP contribution in [0.2, 0.25) is 0 Å². The van der Waals surface area contributed by atoms with Crippen molar-refractivity contribution in [1.82, 2.24) is 0 Å². The van der Waals surface area contributed by atoms with Crippen LogP contribution in [-0.4, -0.2) is 77.3 Å². The van der Waals surface area contributed by atoms with Gasteiger partial charge < -0.3 is 37.9 Å². The highest BCUT2D eigenvalue weighted by Gasteiger charge is 2.61. The third-order valence-electron chi connectivity index (χ3n) is 10.4. The molecule has 4 aliphatic heterocycles. The monoisotopic (exact) mass is 576 g/mol. The van der Waals surface area contributed by atoms with Crippen molar-refractivity contribution < 1.29 is 37.9 Å². The van der Waals surface area contributed by atoms with Crippen molar-refractivity contribution in [2.75, 3.05) is 52.9 Å². The Labute approximate surface area is 246 Å². The van der Waals surface area contributed by atoms with Crippen LogP contribution in [0.25, 0.3) is 0 Å². The average Bonchev–Trinajstić information content (AvgIpc) is 3.81. The molecule has 4 saturated carbocycles. The summed E-state index contributed by atoms with van der Waals surface area (Å²) >= 11 is 0. The molecule has 4 atom stereocenters. The van der Waals surface area contributed by atoms with Gasteiger partial charge in [-0.05, 0) is 74.6 Å². The summed E-state index contributed by atoms with van der Waals surface area (Å²) in [4.78, 5) is 0. The highest BCUT2D eigenvalue weighted by atomic mass is 16.6.